The van der Waals surface area contributed by atoms with Gasteiger partial charge in [-0.05, 0) is 97.6 Å². The minimum Gasteiger partial charge on any atom is -0.256 e. The molecule has 2 aromatic heterocycles. The fraction of sp³-hybridized carbons (Fsp3) is 0.0566. The summed E-state index contributed by atoms with van der Waals surface area (Å²) < 4.78 is 0. The van der Waals surface area contributed by atoms with Gasteiger partial charge >= 0.3 is 0 Å². The Morgan fingerprint density at radius 3 is 1.88 bits per heavy atom. The summed E-state index contributed by atoms with van der Waals surface area (Å²) >= 11 is 0. The summed E-state index contributed by atoms with van der Waals surface area (Å²) in [5.41, 5.74) is 12.6. The number of pyridine rings is 1. The first-order valence-electron chi connectivity index (χ1n) is 19.6. The van der Waals surface area contributed by atoms with E-state index in [4.69, 9.17) is 19.9 Å². The van der Waals surface area contributed by atoms with Gasteiger partial charge in [0.15, 0.2) is 17.5 Å². The number of aryl methyl sites for hydroxylation is 1. The van der Waals surface area contributed by atoms with Gasteiger partial charge in [-0.2, -0.15) is 0 Å². The molecule has 268 valence electrons. The van der Waals surface area contributed by atoms with Gasteiger partial charge in [0.2, 0.25) is 0 Å². The molecule has 8 aromatic carbocycles. The molecule has 0 unspecified atom stereocenters. The van der Waals surface area contributed by atoms with E-state index in [-0.39, 0.29) is 5.92 Å². The minimum absolute atomic E-state index is 0.233. The maximum atomic E-state index is 5.36. The number of hydrogen-bond donors (Lipinski definition) is 0. The van der Waals surface area contributed by atoms with Gasteiger partial charge in [-0.15, -0.1) is 0 Å². The topological polar surface area (TPSA) is 51.6 Å². The van der Waals surface area contributed by atoms with Gasteiger partial charge < -0.3 is 0 Å². The van der Waals surface area contributed by atoms with Crippen LogP contribution in [0, 0.1) is 0 Å². The van der Waals surface area contributed by atoms with Gasteiger partial charge in [0.1, 0.15) is 0 Å². The van der Waals surface area contributed by atoms with Crippen LogP contribution < -0.4 is 0 Å². The molecule has 11 rings (SSSR count). The first-order valence-corrected chi connectivity index (χ1v) is 19.6. The van der Waals surface area contributed by atoms with Crippen molar-refractivity contribution in [3.63, 3.8) is 0 Å². The standard InChI is InChI=1S/C53H36N4/c1-3-14-34(15-4-1)39-27-25-35-16-7-8-19-38(35)43-28-26-37(32-47(39)43)52-55-51(36-17-5-2-6-18-36)56-53(57-52)46-23-12-11-22-42(46)48-33-49-44(40-20-9-10-21-41(40)48)29-30-50-45(49)24-13-31-54-50/h1-24,26,28-33,39H,25,27H2/t39-/m0/s1. The highest BCUT2D eigenvalue weighted by atomic mass is 15.0. The highest BCUT2D eigenvalue weighted by Crippen LogP contribution is 2.44. The van der Waals surface area contributed by atoms with Crippen LogP contribution in [0.2, 0.25) is 0 Å². The second-order valence-corrected chi connectivity index (χ2v) is 14.9. The summed E-state index contributed by atoms with van der Waals surface area (Å²) in [5.74, 6) is 2.17. The number of benzene rings is 8. The van der Waals surface area contributed by atoms with Crippen molar-refractivity contribution in [1.29, 1.82) is 0 Å². The molecule has 0 aliphatic heterocycles. The first kappa shape index (κ1) is 33.1. The highest BCUT2D eigenvalue weighted by molar-refractivity contribution is 6.21. The Bertz CT molecular complexity index is 3140. The van der Waals surface area contributed by atoms with E-state index in [1.807, 2.05) is 30.5 Å². The van der Waals surface area contributed by atoms with Crippen LogP contribution in [-0.4, -0.2) is 19.9 Å². The molecular weight excluding hydrogens is 693 g/mol. The Labute approximate surface area is 331 Å². The van der Waals surface area contributed by atoms with Crippen LogP contribution in [0.15, 0.2) is 188 Å². The molecule has 0 radical (unpaired) electrons. The van der Waals surface area contributed by atoms with Crippen LogP contribution in [0.25, 0.3) is 88.9 Å². The number of hydrogen-bond acceptors (Lipinski definition) is 4. The van der Waals surface area contributed by atoms with Crippen molar-refractivity contribution < 1.29 is 0 Å². The number of fused-ring (bicyclic) bond motifs is 8. The molecule has 0 N–H and O–H groups in total. The van der Waals surface area contributed by atoms with Crippen LogP contribution >= 0.6 is 0 Å². The third-order valence-corrected chi connectivity index (χ3v) is 11.6. The van der Waals surface area contributed by atoms with Crippen molar-refractivity contribution in [3.05, 3.63) is 205 Å². The summed E-state index contributed by atoms with van der Waals surface area (Å²) in [4.78, 5) is 20.5. The fourth-order valence-corrected chi connectivity index (χ4v) is 8.94. The van der Waals surface area contributed by atoms with Crippen LogP contribution in [0.3, 0.4) is 0 Å². The number of aromatic nitrogens is 4. The Morgan fingerprint density at radius 1 is 0.386 bits per heavy atom. The van der Waals surface area contributed by atoms with E-state index >= 15 is 0 Å². The predicted octanol–water partition coefficient (Wildman–Crippen LogP) is 13.1. The lowest BCUT2D eigenvalue weighted by molar-refractivity contribution is 0.726. The van der Waals surface area contributed by atoms with E-state index < -0.39 is 0 Å². The van der Waals surface area contributed by atoms with Gasteiger partial charge in [0.25, 0.3) is 0 Å². The third kappa shape index (κ3) is 5.77. The van der Waals surface area contributed by atoms with Crippen LogP contribution in [0.5, 0.6) is 0 Å². The van der Waals surface area contributed by atoms with Crippen molar-refractivity contribution in [2.75, 3.05) is 0 Å². The lowest BCUT2D eigenvalue weighted by Crippen LogP contribution is -2.04. The zero-order valence-corrected chi connectivity index (χ0v) is 31.2. The average molecular weight is 729 g/mol. The number of rotatable bonds is 5. The molecule has 1 aliphatic rings. The van der Waals surface area contributed by atoms with Crippen LogP contribution in [0.1, 0.15) is 29.0 Å². The molecule has 0 saturated heterocycles. The van der Waals surface area contributed by atoms with Crippen molar-refractivity contribution in [2.24, 2.45) is 0 Å². The van der Waals surface area contributed by atoms with Crippen molar-refractivity contribution >= 4 is 32.4 Å². The quantitative estimate of drug-likeness (QED) is 0.166. The molecule has 1 aliphatic carbocycles. The Morgan fingerprint density at radius 2 is 1.04 bits per heavy atom. The summed E-state index contributed by atoms with van der Waals surface area (Å²) in [5, 5.41) is 5.89. The number of nitrogens with zero attached hydrogens (tertiary/aromatic N) is 4. The summed E-state index contributed by atoms with van der Waals surface area (Å²) in [6.07, 6.45) is 3.90. The zero-order chi connectivity index (χ0) is 37.7. The molecule has 2 heterocycles. The zero-order valence-electron chi connectivity index (χ0n) is 31.2. The van der Waals surface area contributed by atoms with Gasteiger partial charge in [0.05, 0.1) is 5.52 Å². The van der Waals surface area contributed by atoms with E-state index in [9.17, 15) is 0 Å². The maximum Gasteiger partial charge on any atom is 0.164 e. The third-order valence-electron chi connectivity index (χ3n) is 11.6. The monoisotopic (exact) mass is 728 g/mol. The molecule has 4 nitrogen and oxygen atoms in total. The van der Waals surface area contributed by atoms with Gasteiger partial charge in [-0.25, -0.2) is 15.0 Å². The van der Waals surface area contributed by atoms with E-state index in [1.165, 1.54) is 49.4 Å². The first-order chi connectivity index (χ1) is 28.3. The minimum atomic E-state index is 0.233. The maximum absolute atomic E-state index is 5.36. The van der Waals surface area contributed by atoms with E-state index in [0.717, 1.165) is 51.6 Å². The summed E-state index contributed by atoms with van der Waals surface area (Å²) in [7, 11) is 0. The summed E-state index contributed by atoms with van der Waals surface area (Å²) in [6.45, 7) is 0. The molecular formula is C53H36N4. The van der Waals surface area contributed by atoms with Gasteiger partial charge in [0, 0.05) is 34.2 Å². The lowest BCUT2D eigenvalue weighted by atomic mass is 9.85. The Balaban J connectivity index is 1.14. The van der Waals surface area contributed by atoms with Crippen LogP contribution in [0.4, 0.5) is 0 Å². The second kappa shape index (κ2) is 13.8. The Hall–Kier alpha value is -7.30. The largest absolute Gasteiger partial charge is 0.256 e. The van der Waals surface area contributed by atoms with E-state index in [0.29, 0.717) is 17.5 Å². The molecule has 0 amide bonds. The molecule has 0 spiro atoms. The molecule has 1 atom stereocenters. The molecule has 0 fully saturated rings. The second-order valence-electron chi connectivity index (χ2n) is 14.9. The van der Waals surface area contributed by atoms with E-state index in [2.05, 4.69) is 158 Å². The molecule has 10 aromatic rings. The normalized spacial score (nSPS) is 13.6. The SMILES string of the molecule is c1ccc(-c2nc(-c3ccc4c(c3)[C@H](c3ccccc3)CCc3ccccc3-4)nc(-c3ccccc3-c3cc4c5cccnc5ccc4c4ccccc34)n2)cc1. The van der Waals surface area contributed by atoms with Crippen molar-refractivity contribution in [1.82, 2.24) is 19.9 Å². The molecule has 57 heavy (non-hydrogen) atoms. The predicted molar refractivity (Wildman–Crippen MR) is 234 cm³/mol. The fourth-order valence-electron chi connectivity index (χ4n) is 8.94. The van der Waals surface area contributed by atoms with Crippen molar-refractivity contribution in [2.45, 2.75) is 18.8 Å². The molecule has 0 bridgehead atoms. The summed E-state index contributed by atoms with van der Waals surface area (Å²) in [6, 6.07) is 64.9. The van der Waals surface area contributed by atoms with Crippen LogP contribution in [-0.2, 0) is 6.42 Å². The van der Waals surface area contributed by atoms with Crippen molar-refractivity contribution in [3.8, 4) is 56.4 Å². The lowest BCUT2D eigenvalue weighted by Gasteiger charge is -2.20. The molecule has 0 saturated carbocycles. The smallest absolute Gasteiger partial charge is 0.164 e. The van der Waals surface area contributed by atoms with Gasteiger partial charge in [-0.1, -0.05) is 158 Å². The highest BCUT2D eigenvalue weighted by Gasteiger charge is 2.25. The molecule has 4 heteroatoms. The van der Waals surface area contributed by atoms with E-state index in [1.54, 1.807) is 0 Å². The van der Waals surface area contributed by atoms with Gasteiger partial charge in [-0.3, -0.25) is 4.98 Å². The Kier molecular flexibility index (Phi) is 7.99. The average Bonchev–Trinajstić information content (AvgIpc) is 3.46.